The SMILES string of the molecule is CCCC(CO)(CCNC(=O)OC(C)(C)C)C(=O)OCC. The maximum atomic E-state index is 12.1. The molecule has 0 bridgehead atoms. The first-order chi connectivity index (χ1) is 9.70. The molecule has 1 atom stereocenters. The van der Waals surface area contributed by atoms with Gasteiger partial charge >= 0.3 is 12.1 Å². The second-order valence-corrected chi connectivity index (χ2v) is 6.09. The number of aliphatic hydroxyl groups is 1. The van der Waals surface area contributed by atoms with Gasteiger partial charge in [-0.3, -0.25) is 4.79 Å². The molecule has 0 aromatic heterocycles. The predicted molar refractivity (Wildman–Crippen MR) is 79.9 cm³/mol. The van der Waals surface area contributed by atoms with E-state index in [-0.39, 0.29) is 19.8 Å². The molecular formula is C15H29NO5. The molecule has 0 fully saturated rings. The molecule has 2 N–H and O–H groups in total. The molecule has 21 heavy (non-hydrogen) atoms. The predicted octanol–water partition coefficient (Wildman–Crippen LogP) is 2.24. The lowest BCUT2D eigenvalue weighted by molar-refractivity contribution is -0.159. The van der Waals surface area contributed by atoms with E-state index in [1.54, 1.807) is 27.7 Å². The smallest absolute Gasteiger partial charge is 0.407 e. The van der Waals surface area contributed by atoms with Gasteiger partial charge in [0.1, 0.15) is 5.60 Å². The van der Waals surface area contributed by atoms with Gasteiger partial charge in [-0.2, -0.15) is 0 Å². The monoisotopic (exact) mass is 303 g/mol. The zero-order chi connectivity index (χ0) is 16.5. The molecule has 6 nitrogen and oxygen atoms in total. The molecule has 0 saturated heterocycles. The van der Waals surface area contributed by atoms with Crippen LogP contribution in [0.4, 0.5) is 4.79 Å². The summed E-state index contributed by atoms with van der Waals surface area (Å²) in [6, 6.07) is 0. The first-order valence-electron chi connectivity index (χ1n) is 7.45. The quantitative estimate of drug-likeness (QED) is 0.672. The summed E-state index contributed by atoms with van der Waals surface area (Å²) in [5.41, 5.74) is -1.53. The van der Waals surface area contributed by atoms with E-state index in [9.17, 15) is 14.7 Å². The number of carbonyl (C=O) groups is 2. The molecule has 0 aliphatic carbocycles. The maximum absolute atomic E-state index is 12.1. The number of hydrogen-bond acceptors (Lipinski definition) is 5. The Bertz CT molecular complexity index is 337. The molecule has 6 heteroatoms. The van der Waals surface area contributed by atoms with Crippen LogP contribution in [0.1, 0.15) is 53.9 Å². The molecule has 0 aliphatic heterocycles. The van der Waals surface area contributed by atoms with Gasteiger partial charge in [0.15, 0.2) is 0 Å². The standard InChI is InChI=1S/C15H29NO5/c1-6-8-15(11-17,12(18)20-7-2)9-10-16-13(19)21-14(3,4)5/h17H,6-11H2,1-5H3,(H,16,19). The Kier molecular flexibility index (Phi) is 8.32. The maximum Gasteiger partial charge on any atom is 0.407 e. The van der Waals surface area contributed by atoms with Crippen LogP contribution < -0.4 is 5.32 Å². The van der Waals surface area contributed by atoms with Crippen molar-refractivity contribution in [2.75, 3.05) is 19.8 Å². The van der Waals surface area contributed by atoms with Crippen LogP contribution in [0, 0.1) is 5.41 Å². The second-order valence-electron chi connectivity index (χ2n) is 6.09. The van der Waals surface area contributed by atoms with E-state index in [1.165, 1.54) is 0 Å². The van der Waals surface area contributed by atoms with E-state index in [4.69, 9.17) is 9.47 Å². The van der Waals surface area contributed by atoms with Crippen molar-refractivity contribution < 1.29 is 24.2 Å². The van der Waals surface area contributed by atoms with Gasteiger partial charge in [0.2, 0.25) is 0 Å². The Balaban J connectivity index is 4.56. The minimum Gasteiger partial charge on any atom is -0.465 e. The number of ether oxygens (including phenoxy) is 2. The number of rotatable bonds is 8. The fourth-order valence-corrected chi connectivity index (χ4v) is 2.03. The molecule has 0 aromatic rings. The Hall–Kier alpha value is -1.30. The summed E-state index contributed by atoms with van der Waals surface area (Å²) in [7, 11) is 0. The van der Waals surface area contributed by atoms with Crippen LogP contribution in [0.2, 0.25) is 0 Å². The number of amides is 1. The summed E-state index contributed by atoms with van der Waals surface area (Å²) in [5, 5.41) is 12.2. The van der Waals surface area contributed by atoms with Crippen molar-refractivity contribution in [3.05, 3.63) is 0 Å². The lowest BCUT2D eigenvalue weighted by Gasteiger charge is -2.29. The van der Waals surface area contributed by atoms with Crippen LogP contribution in [0.3, 0.4) is 0 Å². The van der Waals surface area contributed by atoms with E-state index in [0.717, 1.165) is 6.42 Å². The van der Waals surface area contributed by atoms with Crippen LogP contribution >= 0.6 is 0 Å². The number of alkyl carbamates (subject to hydrolysis) is 1. The van der Waals surface area contributed by atoms with Gasteiger partial charge in [-0.15, -0.1) is 0 Å². The van der Waals surface area contributed by atoms with Gasteiger partial charge in [0.05, 0.1) is 18.6 Å². The fraction of sp³-hybridized carbons (Fsp3) is 0.867. The third-order valence-corrected chi connectivity index (χ3v) is 3.01. The van der Waals surface area contributed by atoms with Crippen molar-refractivity contribution >= 4 is 12.1 Å². The number of aliphatic hydroxyl groups excluding tert-OH is 1. The molecule has 0 spiro atoms. The topological polar surface area (TPSA) is 84.9 Å². The summed E-state index contributed by atoms with van der Waals surface area (Å²) in [6.07, 6.45) is 1.04. The van der Waals surface area contributed by atoms with Crippen molar-refractivity contribution in [3.63, 3.8) is 0 Å². The van der Waals surface area contributed by atoms with Gasteiger partial charge in [-0.25, -0.2) is 4.79 Å². The number of nitrogens with one attached hydrogen (secondary N) is 1. The molecule has 0 heterocycles. The van der Waals surface area contributed by atoms with Gasteiger partial charge in [0.25, 0.3) is 0 Å². The minimum absolute atomic E-state index is 0.244. The van der Waals surface area contributed by atoms with E-state index < -0.39 is 23.1 Å². The first kappa shape index (κ1) is 19.7. The third-order valence-electron chi connectivity index (χ3n) is 3.01. The first-order valence-corrected chi connectivity index (χ1v) is 7.45. The van der Waals surface area contributed by atoms with Crippen molar-refractivity contribution in [1.82, 2.24) is 5.32 Å². The van der Waals surface area contributed by atoms with Crippen LogP contribution in [0.25, 0.3) is 0 Å². The van der Waals surface area contributed by atoms with E-state index >= 15 is 0 Å². The molecule has 1 amide bonds. The average Bonchev–Trinajstić information content (AvgIpc) is 2.35. The highest BCUT2D eigenvalue weighted by atomic mass is 16.6. The van der Waals surface area contributed by atoms with Crippen molar-refractivity contribution in [2.24, 2.45) is 5.41 Å². The van der Waals surface area contributed by atoms with Gasteiger partial charge < -0.3 is 19.9 Å². The molecule has 1 unspecified atom stereocenters. The molecule has 0 radical (unpaired) electrons. The zero-order valence-corrected chi connectivity index (χ0v) is 13.8. The largest absolute Gasteiger partial charge is 0.465 e. The van der Waals surface area contributed by atoms with Gasteiger partial charge in [0, 0.05) is 6.54 Å². The molecule has 0 rings (SSSR count). The lowest BCUT2D eigenvalue weighted by Crippen LogP contribution is -2.41. The van der Waals surface area contributed by atoms with Crippen LogP contribution in [0.5, 0.6) is 0 Å². The van der Waals surface area contributed by atoms with Crippen molar-refractivity contribution in [2.45, 2.75) is 59.5 Å². The Morgan fingerprint density at radius 1 is 1.14 bits per heavy atom. The molecular weight excluding hydrogens is 274 g/mol. The summed E-state index contributed by atoms with van der Waals surface area (Å²) in [5.74, 6) is -0.416. The number of hydrogen-bond donors (Lipinski definition) is 2. The molecule has 0 aliphatic rings. The highest BCUT2D eigenvalue weighted by Crippen LogP contribution is 2.29. The summed E-state index contributed by atoms with van der Waals surface area (Å²) in [6.45, 7) is 9.21. The van der Waals surface area contributed by atoms with Gasteiger partial charge in [-0.1, -0.05) is 13.3 Å². The Morgan fingerprint density at radius 3 is 2.19 bits per heavy atom. The summed E-state index contributed by atoms with van der Waals surface area (Å²) >= 11 is 0. The fourth-order valence-electron chi connectivity index (χ4n) is 2.03. The summed E-state index contributed by atoms with van der Waals surface area (Å²) in [4.78, 5) is 23.6. The minimum atomic E-state index is -0.959. The molecule has 0 saturated carbocycles. The third kappa shape index (κ3) is 7.32. The molecule has 0 aromatic carbocycles. The van der Waals surface area contributed by atoms with Crippen LogP contribution in [0.15, 0.2) is 0 Å². The number of esters is 1. The van der Waals surface area contributed by atoms with E-state index in [2.05, 4.69) is 5.32 Å². The lowest BCUT2D eigenvalue weighted by atomic mass is 9.81. The second kappa shape index (κ2) is 8.87. The molecule has 124 valence electrons. The Labute approximate surface area is 127 Å². The van der Waals surface area contributed by atoms with Crippen LogP contribution in [-0.4, -0.2) is 42.5 Å². The summed E-state index contributed by atoms with van der Waals surface area (Å²) < 4.78 is 10.2. The number of carbonyl (C=O) groups excluding carboxylic acids is 2. The van der Waals surface area contributed by atoms with Crippen molar-refractivity contribution in [3.8, 4) is 0 Å². The normalized spacial score (nSPS) is 14.2. The van der Waals surface area contributed by atoms with Gasteiger partial charge in [-0.05, 0) is 40.5 Å². The Morgan fingerprint density at radius 2 is 1.76 bits per heavy atom. The van der Waals surface area contributed by atoms with Crippen molar-refractivity contribution in [1.29, 1.82) is 0 Å². The highest BCUT2D eigenvalue weighted by molar-refractivity contribution is 5.77. The average molecular weight is 303 g/mol. The zero-order valence-electron chi connectivity index (χ0n) is 13.8. The highest BCUT2D eigenvalue weighted by Gasteiger charge is 2.38. The van der Waals surface area contributed by atoms with E-state index in [1.807, 2.05) is 6.92 Å². The van der Waals surface area contributed by atoms with Crippen LogP contribution in [-0.2, 0) is 14.3 Å². The van der Waals surface area contributed by atoms with E-state index in [0.29, 0.717) is 12.8 Å².